The summed E-state index contributed by atoms with van der Waals surface area (Å²) in [7, 11) is 4.26. The van der Waals surface area contributed by atoms with Crippen molar-refractivity contribution in [1.82, 2.24) is 9.80 Å². The van der Waals surface area contributed by atoms with Gasteiger partial charge in [0.1, 0.15) is 5.82 Å². The van der Waals surface area contributed by atoms with Gasteiger partial charge in [0.25, 0.3) is 0 Å². The summed E-state index contributed by atoms with van der Waals surface area (Å²) >= 11 is 0. The first-order chi connectivity index (χ1) is 9.11. The Bertz CT molecular complexity index is 400. The molecule has 2 rings (SSSR count). The van der Waals surface area contributed by atoms with Gasteiger partial charge in [-0.05, 0) is 44.6 Å². The SMILES string of the molecule is CN(C)C1CCN(C(CN)c2cccc(F)c2)CC1. The third-order valence-electron chi connectivity index (χ3n) is 4.13. The Kier molecular flexibility index (Phi) is 4.91. The third kappa shape index (κ3) is 3.53. The molecule has 1 aromatic rings. The van der Waals surface area contributed by atoms with E-state index in [2.05, 4.69) is 23.9 Å². The average Bonchev–Trinajstić information content (AvgIpc) is 2.40. The van der Waals surface area contributed by atoms with Gasteiger partial charge in [0.05, 0.1) is 0 Å². The lowest BCUT2D eigenvalue weighted by Crippen LogP contribution is -2.45. The quantitative estimate of drug-likeness (QED) is 0.902. The van der Waals surface area contributed by atoms with E-state index in [0.717, 1.165) is 31.5 Å². The van der Waals surface area contributed by atoms with Crippen LogP contribution >= 0.6 is 0 Å². The van der Waals surface area contributed by atoms with Crippen LogP contribution < -0.4 is 5.73 Å². The van der Waals surface area contributed by atoms with Gasteiger partial charge in [-0.2, -0.15) is 0 Å². The first-order valence-electron chi connectivity index (χ1n) is 6.98. The zero-order valence-corrected chi connectivity index (χ0v) is 11.8. The predicted octanol–water partition coefficient (Wildman–Crippen LogP) is 1.85. The monoisotopic (exact) mass is 265 g/mol. The number of nitrogens with two attached hydrogens (primary N) is 1. The fourth-order valence-corrected chi connectivity index (χ4v) is 2.92. The van der Waals surface area contributed by atoms with Gasteiger partial charge in [0.15, 0.2) is 0 Å². The molecule has 1 unspecified atom stereocenters. The number of halogens is 1. The minimum Gasteiger partial charge on any atom is -0.329 e. The highest BCUT2D eigenvalue weighted by Gasteiger charge is 2.26. The number of hydrogen-bond acceptors (Lipinski definition) is 3. The molecule has 3 nitrogen and oxygen atoms in total. The first kappa shape index (κ1) is 14.4. The Labute approximate surface area is 115 Å². The zero-order chi connectivity index (χ0) is 13.8. The Morgan fingerprint density at radius 2 is 2.05 bits per heavy atom. The molecule has 0 bridgehead atoms. The van der Waals surface area contributed by atoms with Crippen molar-refractivity contribution in [2.45, 2.75) is 24.9 Å². The summed E-state index contributed by atoms with van der Waals surface area (Å²) in [6.07, 6.45) is 2.30. The molecular formula is C15H24FN3. The molecule has 0 amide bonds. The summed E-state index contributed by atoms with van der Waals surface area (Å²) in [4.78, 5) is 4.67. The van der Waals surface area contributed by atoms with Gasteiger partial charge in [-0.3, -0.25) is 4.90 Å². The zero-order valence-electron chi connectivity index (χ0n) is 11.8. The normalized spacial score (nSPS) is 19.8. The smallest absolute Gasteiger partial charge is 0.123 e. The number of benzene rings is 1. The molecule has 0 radical (unpaired) electrons. The van der Waals surface area contributed by atoms with Crippen molar-refractivity contribution in [2.24, 2.45) is 5.73 Å². The van der Waals surface area contributed by atoms with Crippen LogP contribution in [0.25, 0.3) is 0 Å². The highest BCUT2D eigenvalue weighted by Crippen LogP contribution is 2.25. The fourth-order valence-electron chi connectivity index (χ4n) is 2.92. The maximum absolute atomic E-state index is 13.3. The van der Waals surface area contributed by atoms with Crippen LogP contribution in [0, 0.1) is 5.82 Å². The lowest BCUT2D eigenvalue weighted by molar-refractivity contribution is 0.110. The second-order valence-electron chi connectivity index (χ2n) is 5.54. The van der Waals surface area contributed by atoms with Crippen molar-refractivity contribution in [3.63, 3.8) is 0 Å². The van der Waals surface area contributed by atoms with Crippen LogP contribution in [0.3, 0.4) is 0 Å². The minimum atomic E-state index is -0.181. The van der Waals surface area contributed by atoms with Crippen LogP contribution in [0.1, 0.15) is 24.4 Å². The summed E-state index contributed by atoms with van der Waals surface area (Å²) < 4.78 is 13.3. The molecule has 1 aliphatic rings. The van der Waals surface area contributed by atoms with Crippen LogP contribution in [0.4, 0.5) is 4.39 Å². The maximum Gasteiger partial charge on any atom is 0.123 e. The number of rotatable bonds is 4. The van der Waals surface area contributed by atoms with E-state index in [0.29, 0.717) is 12.6 Å². The summed E-state index contributed by atoms with van der Waals surface area (Å²) in [5.41, 5.74) is 6.90. The molecule has 1 saturated heterocycles. The van der Waals surface area contributed by atoms with Crippen molar-refractivity contribution in [2.75, 3.05) is 33.7 Å². The van der Waals surface area contributed by atoms with E-state index in [1.54, 1.807) is 12.1 Å². The number of hydrogen-bond donors (Lipinski definition) is 1. The minimum absolute atomic E-state index is 0.138. The molecule has 0 aliphatic carbocycles. The number of nitrogens with zero attached hydrogens (tertiary/aromatic N) is 2. The molecule has 1 atom stereocenters. The average molecular weight is 265 g/mol. The van der Waals surface area contributed by atoms with Crippen LogP contribution in [-0.4, -0.2) is 49.6 Å². The molecule has 0 aromatic heterocycles. The van der Waals surface area contributed by atoms with Gasteiger partial charge in [-0.1, -0.05) is 12.1 Å². The number of piperidine rings is 1. The molecule has 1 aliphatic heterocycles. The van der Waals surface area contributed by atoms with Crippen LogP contribution in [-0.2, 0) is 0 Å². The Hall–Kier alpha value is -0.970. The fraction of sp³-hybridized carbons (Fsp3) is 0.600. The van der Waals surface area contributed by atoms with Crippen molar-refractivity contribution in [1.29, 1.82) is 0 Å². The van der Waals surface area contributed by atoms with Gasteiger partial charge in [-0.15, -0.1) is 0 Å². The molecule has 106 valence electrons. The topological polar surface area (TPSA) is 32.5 Å². The molecule has 2 N–H and O–H groups in total. The Morgan fingerprint density at radius 3 is 2.58 bits per heavy atom. The summed E-state index contributed by atoms with van der Waals surface area (Å²) in [6.45, 7) is 2.60. The summed E-state index contributed by atoms with van der Waals surface area (Å²) in [5.74, 6) is -0.181. The predicted molar refractivity (Wildman–Crippen MR) is 76.5 cm³/mol. The first-order valence-corrected chi connectivity index (χ1v) is 6.98. The molecule has 1 fully saturated rings. The van der Waals surface area contributed by atoms with Gasteiger partial charge < -0.3 is 10.6 Å². The lowest BCUT2D eigenvalue weighted by atomic mass is 9.98. The van der Waals surface area contributed by atoms with E-state index in [1.807, 2.05) is 6.07 Å². The third-order valence-corrected chi connectivity index (χ3v) is 4.13. The van der Waals surface area contributed by atoms with E-state index in [4.69, 9.17) is 5.73 Å². The van der Waals surface area contributed by atoms with E-state index in [1.165, 1.54) is 6.07 Å². The highest BCUT2D eigenvalue weighted by molar-refractivity contribution is 5.20. The second-order valence-corrected chi connectivity index (χ2v) is 5.54. The Balaban J connectivity index is 2.03. The maximum atomic E-state index is 13.3. The van der Waals surface area contributed by atoms with E-state index >= 15 is 0 Å². The molecular weight excluding hydrogens is 241 g/mol. The molecule has 0 saturated carbocycles. The molecule has 19 heavy (non-hydrogen) atoms. The van der Waals surface area contributed by atoms with Crippen LogP contribution in [0.15, 0.2) is 24.3 Å². The Morgan fingerprint density at radius 1 is 1.37 bits per heavy atom. The van der Waals surface area contributed by atoms with Crippen molar-refractivity contribution < 1.29 is 4.39 Å². The summed E-state index contributed by atoms with van der Waals surface area (Å²) in [5, 5.41) is 0. The molecule has 4 heteroatoms. The number of likely N-dealkylation sites (tertiary alicyclic amines) is 1. The van der Waals surface area contributed by atoms with E-state index in [-0.39, 0.29) is 11.9 Å². The van der Waals surface area contributed by atoms with Gasteiger partial charge in [0, 0.05) is 31.7 Å². The molecule has 0 spiro atoms. The van der Waals surface area contributed by atoms with Crippen molar-refractivity contribution >= 4 is 0 Å². The summed E-state index contributed by atoms with van der Waals surface area (Å²) in [6, 6.07) is 7.62. The highest BCUT2D eigenvalue weighted by atomic mass is 19.1. The van der Waals surface area contributed by atoms with Crippen molar-refractivity contribution in [3.05, 3.63) is 35.6 Å². The van der Waals surface area contributed by atoms with E-state index in [9.17, 15) is 4.39 Å². The molecule has 1 aromatic carbocycles. The van der Waals surface area contributed by atoms with Gasteiger partial charge in [0.2, 0.25) is 0 Å². The van der Waals surface area contributed by atoms with Crippen molar-refractivity contribution in [3.8, 4) is 0 Å². The largest absolute Gasteiger partial charge is 0.329 e. The standard InChI is InChI=1S/C15H24FN3/c1-18(2)14-6-8-19(9-7-14)15(11-17)12-4-3-5-13(16)10-12/h3-5,10,14-15H,6-9,11,17H2,1-2H3. The molecule has 1 heterocycles. The van der Waals surface area contributed by atoms with Gasteiger partial charge in [-0.25, -0.2) is 4.39 Å². The van der Waals surface area contributed by atoms with E-state index < -0.39 is 0 Å². The van der Waals surface area contributed by atoms with Crippen LogP contribution in [0.5, 0.6) is 0 Å². The second kappa shape index (κ2) is 6.46. The lowest BCUT2D eigenvalue weighted by Gasteiger charge is -2.39. The van der Waals surface area contributed by atoms with Crippen LogP contribution in [0.2, 0.25) is 0 Å². The van der Waals surface area contributed by atoms with Gasteiger partial charge >= 0.3 is 0 Å².